The third kappa shape index (κ3) is 4.55. The van der Waals surface area contributed by atoms with Crippen molar-refractivity contribution in [1.29, 1.82) is 0 Å². The van der Waals surface area contributed by atoms with Gasteiger partial charge in [0.1, 0.15) is 0 Å². The van der Waals surface area contributed by atoms with Crippen molar-refractivity contribution in [2.45, 2.75) is 25.3 Å². The van der Waals surface area contributed by atoms with Crippen LogP contribution in [0.3, 0.4) is 0 Å². The molecule has 1 aromatic rings. The smallest absolute Gasteiger partial charge is 0.240 e. The van der Waals surface area contributed by atoms with Crippen LogP contribution < -0.4 is 10.5 Å². The molecule has 8 heteroatoms. The normalized spacial score (nSPS) is 12.6. The Kier molecular flexibility index (Phi) is 5.69. The Morgan fingerprint density at radius 3 is 2.35 bits per heavy atom. The number of sulfone groups is 1. The van der Waals surface area contributed by atoms with Crippen LogP contribution in [-0.2, 0) is 26.4 Å². The lowest BCUT2D eigenvalue weighted by Gasteiger charge is -2.09. The van der Waals surface area contributed by atoms with Crippen LogP contribution >= 0.6 is 0 Å². The van der Waals surface area contributed by atoms with Gasteiger partial charge in [-0.15, -0.1) is 0 Å². The first kappa shape index (κ1) is 17.1. The number of sulfonamides is 1. The molecule has 0 radical (unpaired) electrons. The van der Waals surface area contributed by atoms with E-state index in [2.05, 4.69) is 4.72 Å². The summed E-state index contributed by atoms with van der Waals surface area (Å²) in [6.45, 7) is 3.52. The largest absolute Gasteiger partial charge is 0.326 e. The molecule has 20 heavy (non-hydrogen) atoms. The predicted octanol–water partition coefficient (Wildman–Crippen LogP) is 0.167. The summed E-state index contributed by atoms with van der Waals surface area (Å²) < 4.78 is 49.0. The fraction of sp³-hybridized carbons (Fsp3) is 0.500. The molecule has 0 unspecified atom stereocenters. The van der Waals surface area contributed by atoms with Gasteiger partial charge in [-0.05, 0) is 30.2 Å². The van der Waals surface area contributed by atoms with E-state index in [1.54, 1.807) is 13.0 Å². The van der Waals surface area contributed by atoms with E-state index in [4.69, 9.17) is 5.73 Å². The summed E-state index contributed by atoms with van der Waals surface area (Å²) in [6, 6.07) is 4.65. The van der Waals surface area contributed by atoms with E-state index >= 15 is 0 Å². The van der Waals surface area contributed by atoms with Crippen molar-refractivity contribution in [2.75, 3.05) is 18.1 Å². The van der Waals surface area contributed by atoms with Crippen LogP contribution in [0.2, 0.25) is 0 Å². The fourth-order valence-corrected chi connectivity index (χ4v) is 3.57. The molecule has 0 bridgehead atoms. The molecule has 0 aliphatic heterocycles. The van der Waals surface area contributed by atoms with Crippen molar-refractivity contribution in [2.24, 2.45) is 5.73 Å². The molecule has 0 saturated heterocycles. The average Bonchev–Trinajstić information content (AvgIpc) is 2.38. The quantitative estimate of drug-likeness (QED) is 0.744. The molecule has 0 aliphatic carbocycles. The first-order valence-corrected chi connectivity index (χ1v) is 9.52. The van der Waals surface area contributed by atoms with E-state index in [1.807, 2.05) is 0 Å². The van der Waals surface area contributed by atoms with Gasteiger partial charge in [-0.3, -0.25) is 0 Å². The van der Waals surface area contributed by atoms with Crippen molar-refractivity contribution in [3.05, 3.63) is 29.3 Å². The summed E-state index contributed by atoms with van der Waals surface area (Å²) >= 11 is 0. The Morgan fingerprint density at radius 2 is 1.85 bits per heavy atom. The van der Waals surface area contributed by atoms with Gasteiger partial charge in [0.2, 0.25) is 10.0 Å². The van der Waals surface area contributed by atoms with Gasteiger partial charge >= 0.3 is 0 Å². The fourth-order valence-electron chi connectivity index (χ4n) is 1.62. The Labute approximate surface area is 120 Å². The Morgan fingerprint density at radius 1 is 1.20 bits per heavy atom. The Bertz CT molecular complexity index is 667. The van der Waals surface area contributed by atoms with Crippen molar-refractivity contribution >= 4 is 19.9 Å². The van der Waals surface area contributed by atoms with Crippen molar-refractivity contribution in [1.82, 2.24) is 4.72 Å². The third-order valence-electron chi connectivity index (χ3n) is 2.99. The van der Waals surface area contributed by atoms with Gasteiger partial charge in [0, 0.05) is 18.8 Å². The predicted molar refractivity (Wildman–Crippen MR) is 78.6 cm³/mol. The highest BCUT2D eigenvalue weighted by atomic mass is 32.2. The zero-order valence-electron chi connectivity index (χ0n) is 11.6. The number of hydrogen-bond acceptors (Lipinski definition) is 5. The second kappa shape index (κ2) is 6.66. The minimum absolute atomic E-state index is 0.000960. The highest BCUT2D eigenvalue weighted by Gasteiger charge is 2.16. The van der Waals surface area contributed by atoms with E-state index in [0.717, 1.165) is 11.1 Å². The zero-order chi connectivity index (χ0) is 15.4. The van der Waals surface area contributed by atoms with Crippen LogP contribution in [0, 0.1) is 6.92 Å². The maximum atomic E-state index is 12.0. The minimum atomic E-state index is -3.69. The monoisotopic (exact) mass is 320 g/mol. The molecular formula is C12H20N2O4S2. The molecule has 0 fully saturated rings. The summed E-state index contributed by atoms with van der Waals surface area (Å²) in [7, 11) is -6.88. The molecule has 0 amide bonds. The highest BCUT2D eigenvalue weighted by Crippen LogP contribution is 2.14. The number of hydrogen-bond donors (Lipinski definition) is 2. The van der Waals surface area contributed by atoms with Crippen LogP contribution in [-0.4, -0.2) is 34.9 Å². The van der Waals surface area contributed by atoms with E-state index in [0.29, 0.717) is 6.54 Å². The molecular weight excluding hydrogens is 300 g/mol. The summed E-state index contributed by atoms with van der Waals surface area (Å²) in [5.74, 6) is -0.207. The molecule has 0 heterocycles. The summed E-state index contributed by atoms with van der Waals surface area (Å²) in [6.07, 6.45) is 0. The lowest BCUT2D eigenvalue weighted by Crippen LogP contribution is -2.29. The average molecular weight is 320 g/mol. The minimum Gasteiger partial charge on any atom is -0.326 e. The maximum Gasteiger partial charge on any atom is 0.240 e. The van der Waals surface area contributed by atoms with Gasteiger partial charge < -0.3 is 5.73 Å². The number of nitrogens with two attached hydrogens (primary N) is 1. The standard InChI is InChI=1S/C12H20N2O4S2/c1-3-19(15,16)7-6-14-20(17,18)12-5-4-11(9-13)10(2)8-12/h4-5,8,14H,3,6-7,9,13H2,1-2H3. The first-order valence-electron chi connectivity index (χ1n) is 6.21. The number of nitrogens with one attached hydrogen (secondary N) is 1. The van der Waals surface area contributed by atoms with Crippen LogP contribution in [0.5, 0.6) is 0 Å². The summed E-state index contributed by atoms with van der Waals surface area (Å²) in [4.78, 5) is 0.112. The van der Waals surface area contributed by atoms with Gasteiger partial charge in [-0.2, -0.15) is 0 Å². The SMILES string of the molecule is CCS(=O)(=O)CCNS(=O)(=O)c1ccc(CN)c(C)c1. The van der Waals surface area contributed by atoms with Crippen LogP contribution in [0.25, 0.3) is 0 Å². The second-order valence-corrected chi connectivity index (χ2v) is 8.67. The molecule has 0 atom stereocenters. The van der Waals surface area contributed by atoms with Crippen molar-refractivity contribution < 1.29 is 16.8 Å². The topological polar surface area (TPSA) is 106 Å². The molecule has 0 aromatic heterocycles. The zero-order valence-corrected chi connectivity index (χ0v) is 13.2. The van der Waals surface area contributed by atoms with Gasteiger partial charge in [0.05, 0.1) is 10.6 Å². The van der Waals surface area contributed by atoms with Gasteiger partial charge in [0.25, 0.3) is 0 Å². The van der Waals surface area contributed by atoms with E-state index in [-0.39, 0.29) is 22.9 Å². The highest BCUT2D eigenvalue weighted by molar-refractivity contribution is 7.91. The van der Waals surface area contributed by atoms with E-state index < -0.39 is 19.9 Å². The lowest BCUT2D eigenvalue weighted by atomic mass is 10.1. The molecule has 114 valence electrons. The molecule has 1 rings (SSSR count). The van der Waals surface area contributed by atoms with E-state index in [9.17, 15) is 16.8 Å². The molecule has 3 N–H and O–H groups in total. The maximum absolute atomic E-state index is 12.0. The Balaban J connectivity index is 2.82. The molecule has 0 aliphatic rings. The number of aryl methyl sites for hydroxylation is 1. The van der Waals surface area contributed by atoms with Gasteiger partial charge in [0.15, 0.2) is 9.84 Å². The van der Waals surface area contributed by atoms with Gasteiger partial charge in [-0.25, -0.2) is 21.6 Å². The number of benzene rings is 1. The second-order valence-electron chi connectivity index (χ2n) is 4.43. The van der Waals surface area contributed by atoms with Crippen LogP contribution in [0.15, 0.2) is 23.1 Å². The third-order valence-corrected chi connectivity index (χ3v) is 6.15. The number of rotatable bonds is 7. The molecule has 0 saturated carbocycles. The van der Waals surface area contributed by atoms with Crippen LogP contribution in [0.1, 0.15) is 18.1 Å². The van der Waals surface area contributed by atoms with Gasteiger partial charge in [-0.1, -0.05) is 13.0 Å². The lowest BCUT2D eigenvalue weighted by molar-refractivity contribution is 0.581. The van der Waals surface area contributed by atoms with E-state index in [1.165, 1.54) is 19.1 Å². The molecule has 6 nitrogen and oxygen atoms in total. The molecule has 1 aromatic carbocycles. The Hall–Kier alpha value is -0.960. The summed E-state index contributed by atoms with van der Waals surface area (Å²) in [5.41, 5.74) is 7.18. The van der Waals surface area contributed by atoms with Crippen LogP contribution in [0.4, 0.5) is 0 Å². The van der Waals surface area contributed by atoms with Crippen molar-refractivity contribution in [3.8, 4) is 0 Å². The van der Waals surface area contributed by atoms with Crippen molar-refractivity contribution in [3.63, 3.8) is 0 Å². The first-order chi connectivity index (χ1) is 9.22. The summed E-state index contributed by atoms with van der Waals surface area (Å²) in [5, 5.41) is 0. The molecule has 0 spiro atoms.